The molecule has 1 heterocycles. The molecule has 1 aliphatic heterocycles. The van der Waals surface area contributed by atoms with Gasteiger partial charge in [0.25, 0.3) is 0 Å². The van der Waals surface area contributed by atoms with Gasteiger partial charge in [-0.3, -0.25) is 4.90 Å². The zero-order valence-electron chi connectivity index (χ0n) is 12.3. The topological polar surface area (TPSA) is 61.6 Å². The molecule has 1 unspecified atom stereocenters. The van der Waals surface area contributed by atoms with Crippen LogP contribution < -0.4 is 4.90 Å². The van der Waals surface area contributed by atoms with E-state index in [-0.39, 0.29) is 0 Å². The fraction of sp³-hybridized carbons (Fsp3) is 0.714. The van der Waals surface area contributed by atoms with Crippen LogP contribution in [0, 0.1) is 0 Å². The lowest BCUT2D eigenvalue weighted by Crippen LogP contribution is -3.01. The number of unbranched alkanes of at least 4 members (excludes halogenated alkanes) is 5. The Bertz CT molecular complexity index is 377. The maximum Gasteiger partial charge on any atom is 0.102 e. The fourth-order valence-electron chi connectivity index (χ4n) is 1.89. The van der Waals surface area contributed by atoms with Crippen molar-refractivity contribution >= 4 is 10.1 Å². The highest BCUT2D eigenvalue weighted by Gasteiger charge is 2.06. The Hall–Kier alpha value is -0.650. The monoisotopic (exact) mass is 289 g/mol. The van der Waals surface area contributed by atoms with Crippen LogP contribution in [0.2, 0.25) is 0 Å². The molecule has 0 radical (unpaired) electrons. The largest absolute Gasteiger partial charge is 0.748 e. The van der Waals surface area contributed by atoms with Crippen molar-refractivity contribution in [1.82, 2.24) is 0 Å². The lowest BCUT2D eigenvalue weighted by atomic mass is 10.1. The van der Waals surface area contributed by atoms with Crippen LogP contribution in [0.25, 0.3) is 0 Å². The molecule has 19 heavy (non-hydrogen) atoms. The van der Waals surface area contributed by atoms with E-state index < -0.39 is 10.1 Å². The predicted molar refractivity (Wildman–Crippen MR) is 77.7 cm³/mol. The molecule has 5 heteroatoms. The molecule has 0 bridgehead atoms. The zero-order valence-corrected chi connectivity index (χ0v) is 13.1. The molecule has 1 N–H and O–H groups in total. The average molecular weight is 289 g/mol. The molecule has 1 atom stereocenters. The van der Waals surface area contributed by atoms with E-state index in [1.54, 1.807) is 0 Å². The van der Waals surface area contributed by atoms with E-state index in [9.17, 15) is 0 Å². The fourth-order valence-corrected chi connectivity index (χ4v) is 1.89. The minimum atomic E-state index is -3.92. The van der Waals surface area contributed by atoms with Gasteiger partial charge in [-0.15, -0.1) is 0 Å². The van der Waals surface area contributed by atoms with Crippen LogP contribution in [-0.2, 0) is 10.1 Å². The van der Waals surface area contributed by atoms with E-state index in [0.717, 1.165) is 0 Å². The standard InChI is InChI=1S/C13H23N.CH4O3S/c1-3-4-5-6-7-8-10-14-11-9-13(2)12-14;1-5(2,3)4/h9,11-12H,3-8,10H2,1-2H3;1H3,(H,2,3,4). The second-order valence-electron chi connectivity index (χ2n) is 5.02. The van der Waals surface area contributed by atoms with Crippen molar-refractivity contribution in [2.75, 3.05) is 12.8 Å². The highest BCUT2D eigenvalue weighted by atomic mass is 32.2. The normalized spacial score (nSPS) is 17.9. The van der Waals surface area contributed by atoms with Crippen LogP contribution in [0.4, 0.5) is 0 Å². The van der Waals surface area contributed by atoms with E-state index in [2.05, 4.69) is 32.3 Å². The summed E-state index contributed by atoms with van der Waals surface area (Å²) in [6.45, 7) is 5.72. The summed E-state index contributed by atoms with van der Waals surface area (Å²) >= 11 is 0. The van der Waals surface area contributed by atoms with E-state index in [4.69, 9.17) is 13.0 Å². The van der Waals surface area contributed by atoms with Gasteiger partial charge in [0, 0.05) is 11.8 Å². The highest BCUT2D eigenvalue weighted by Crippen LogP contribution is 2.04. The van der Waals surface area contributed by atoms with Crippen molar-refractivity contribution in [3.8, 4) is 0 Å². The molecule has 4 nitrogen and oxygen atoms in total. The first-order valence-electron chi connectivity index (χ1n) is 6.96. The van der Waals surface area contributed by atoms with Crippen LogP contribution in [0.5, 0.6) is 0 Å². The summed E-state index contributed by atoms with van der Waals surface area (Å²) in [6.07, 6.45) is 15.8. The number of hydrogen-bond acceptors (Lipinski definition) is 3. The van der Waals surface area contributed by atoms with E-state index in [0.29, 0.717) is 6.26 Å². The van der Waals surface area contributed by atoms with Crippen LogP contribution >= 0.6 is 0 Å². The Labute approximate surface area is 117 Å². The van der Waals surface area contributed by atoms with E-state index in [1.807, 2.05) is 0 Å². The molecule has 0 aliphatic carbocycles. The van der Waals surface area contributed by atoms with Gasteiger partial charge in [-0.05, 0) is 25.8 Å². The Morgan fingerprint density at radius 3 is 2.16 bits per heavy atom. The van der Waals surface area contributed by atoms with Crippen molar-refractivity contribution < 1.29 is 17.9 Å². The minimum absolute atomic E-state index is 0.604. The molecule has 1 rings (SSSR count). The molecular weight excluding hydrogens is 262 g/mol. The number of nitrogens with one attached hydrogen (secondary N) is 1. The third kappa shape index (κ3) is 15.3. The Kier molecular flexibility index (Phi) is 9.83. The Morgan fingerprint density at radius 2 is 1.68 bits per heavy atom. The molecular formula is C14H27NO3S. The van der Waals surface area contributed by atoms with Crippen LogP contribution in [0.3, 0.4) is 0 Å². The van der Waals surface area contributed by atoms with Crippen LogP contribution in [-0.4, -0.2) is 25.8 Å². The third-order valence-corrected chi connectivity index (χ3v) is 2.79. The molecule has 0 spiro atoms. The maximum atomic E-state index is 9.08. The second kappa shape index (κ2) is 10.2. The van der Waals surface area contributed by atoms with E-state index >= 15 is 0 Å². The summed E-state index contributed by atoms with van der Waals surface area (Å²) < 4.78 is 27.2. The SMILES string of the molecule is CCCCCCCC[NH+]1C=CC(C)=C1.CS(=O)(=O)[O-]. The molecule has 0 amide bonds. The van der Waals surface area contributed by atoms with Crippen molar-refractivity contribution in [2.24, 2.45) is 0 Å². The third-order valence-electron chi connectivity index (χ3n) is 2.79. The highest BCUT2D eigenvalue weighted by molar-refractivity contribution is 7.84. The van der Waals surface area contributed by atoms with Gasteiger partial charge >= 0.3 is 0 Å². The molecule has 0 saturated carbocycles. The van der Waals surface area contributed by atoms with Gasteiger partial charge in [0.1, 0.15) is 6.20 Å². The summed E-state index contributed by atoms with van der Waals surface area (Å²) in [5.74, 6) is 0. The zero-order chi connectivity index (χ0) is 14.7. The first-order chi connectivity index (χ1) is 8.83. The first kappa shape index (κ1) is 18.4. The molecule has 0 aromatic carbocycles. The van der Waals surface area contributed by atoms with Gasteiger partial charge < -0.3 is 4.55 Å². The maximum absolute atomic E-state index is 9.08. The summed E-state index contributed by atoms with van der Waals surface area (Å²) in [4.78, 5) is 1.53. The Balaban J connectivity index is 0.000000555. The molecule has 1 aliphatic rings. The molecule has 0 aromatic heterocycles. The molecule has 0 saturated heterocycles. The van der Waals surface area contributed by atoms with Gasteiger partial charge in [-0.1, -0.05) is 32.6 Å². The number of allylic oxidation sites excluding steroid dienone is 2. The van der Waals surface area contributed by atoms with Crippen LogP contribution in [0.15, 0.2) is 24.0 Å². The Morgan fingerprint density at radius 1 is 1.16 bits per heavy atom. The predicted octanol–water partition coefficient (Wildman–Crippen LogP) is 1.82. The molecule has 112 valence electrons. The molecule has 0 fully saturated rings. The van der Waals surface area contributed by atoms with Crippen molar-refractivity contribution in [2.45, 2.75) is 52.4 Å². The lowest BCUT2D eigenvalue weighted by Gasteiger charge is -2.06. The van der Waals surface area contributed by atoms with Gasteiger partial charge in [0.05, 0.1) is 22.9 Å². The molecule has 0 aromatic rings. The minimum Gasteiger partial charge on any atom is -0.748 e. The average Bonchev–Trinajstić information content (AvgIpc) is 2.67. The second-order valence-corrected chi connectivity index (χ2v) is 6.43. The first-order valence-corrected chi connectivity index (χ1v) is 8.77. The van der Waals surface area contributed by atoms with Gasteiger partial charge in [0.2, 0.25) is 0 Å². The van der Waals surface area contributed by atoms with Crippen molar-refractivity contribution in [3.63, 3.8) is 0 Å². The summed E-state index contributed by atoms with van der Waals surface area (Å²) in [6, 6.07) is 0. The number of quaternary nitrogens is 1. The van der Waals surface area contributed by atoms with Crippen molar-refractivity contribution in [1.29, 1.82) is 0 Å². The number of rotatable bonds is 7. The van der Waals surface area contributed by atoms with Gasteiger partial charge in [-0.25, -0.2) is 8.42 Å². The lowest BCUT2D eigenvalue weighted by molar-refractivity contribution is -0.788. The van der Waals surface area contributed by atoms with Gasteiger partial charge in [-0.2, -0.15) is 0 Å². The van der Waals surface area contributed by atoms with E-state index in [1.165, 1.54) is 55.5 Å². The summed E-state index contributed by atoms with van der Waals surface area (Å²) in [5.41, 5.74) is 1.41. The van der Waals surface area contributed by atoms with Crippen molar-refractivity contribution in [3.05, 3.63) is 24.0 Å². The number of hydrogen-bond donors (Lipinski definition) is 1. The smallest absolute Gasteiger partial charge is 0.102 e. The summed E-state index contributed by atoms with van der Waals surface area (Å²) in [5, 5.41) is 0. The summed E-state index contributed by atoms with van der Waals surface area (Å²) in [7, 11) is -3.92. The van der Waals surface area contributed by atoms with Gasteiger partial charge in [0.15, 0.2) is 0 Å². The van der Waals surface area contributed by atoms with Crippen LogP contribution in [0.1, 0.15) is 52.4 Å². The quantitative estimate of drug-likeness (QED) is 0.574.